The van der Waals surface area contributed by atoms with Crippen molar-refractivity contribution in [2.75, 3.05) is 19.0 Å². The number of halogens is 2. The van der Waals surface area contributed by atoms with Crippen LogP contribution in [0.15, 0.2) is 15.8 Å². The molecule has 1 aliphatic rings. The molecular weight excluding hydrogens is 596 g/mol. The molecule has 4 atom stereocenters. The van der Waals surface area contributed by atoms with Gasteiger partial charge in [-0.15, -0.1) is 0 Å². The second-order valence-corrected chi connectivity index (χ2v) is 14.8. The lowest BCUT2D eigenvalue weighted by Crippen LogP contribution is -2.37. The fourth-order valence-electron chi connectivity index (χ4n) is 3.29. The second-order valence-electron chi connectivity index (χ2n) is 10.4. The molecule has 39 heavy (non-hydrogen) atoms. The SMILES string of the molecule is Cc1cn(C2OC(COP(=O)(NC(C)C(=O)OC(C)C)OCCSC(=O)C(C)(C)C)CC2(Cl)Cl)c(=O)[nH]c1=O. The summed E-state index contributed by atoms with van der Waals surface area (Å²) in [5, 5.41) is 2.49. The van der Waals surface area contributed by atoms with E-state index in [1.807, 2.05) is 0 Å². The summed E-state index contributed by atoms with van der Waals surface area (Å²) in [5.74, 6) is -0.473. The second kappa shape index (κ2) is 13.7. The standard InChI is InChI=1S/C23H36Cl2N3O9PS/c1-13(2)36-18(30)15(4)27-38(33,34-8-9-39-20(31)22(5,6)7)35-12-16-10-23(24,25)19(37-16)28-11-14(3)17(29)26-21(28)32/h11,13,15-16,19H,8-10,12H2,1-7H3,(H,27,33)(H,26,29,32). The molecule has 0 aromatic carbocycles. The van der Waals surface area contributed by atoms with Crippen molar-refractivity contribution in [3.8, 4) is 0 Å². The molecule has 1 aromatic rings. The van der Waals surface area contributed by atoms with Gasteiger partial charge < -0.3 is 9.47 Å². The number of hydrogen-bond donors (Lipinski definition) is 2. The zero-order chi connectivity index (χ0) is 29.8. The van der Waals surface area contributed by atoms with Crippen molar-refractivity contribution in [1.29, 1.82) is 0 Å². The van der Waals surface area contributed by atoms with Crippen molar-refractivity contribution in [3.63, 3.8) is 0 Å². The average Bonchev–Trinajstić information content (AvgIpc) is 3.10. The summed E-state index contributed by atoms with van der Waals surface area (Å²) in [4.78, 5) is 50.7. The molecule has 16 heteroatoms. The van der Waals surface area contributed by atoms with Gasteiger partial charge in [0.2, 0.25) is 0 Å². The van der Waals surface area contributed by atoms with Gasteiger partial charge in [0.1, 0.15) is 6.04 Å². The van der Waals surface area contributed by atoms with Crippen molar-refractivity contribution in [1.82, 2.24) is 14.6 Å². The topological polar surface area (TPSA) is 155 Å². The first-order chi connectivity index (χ1) is 17.8. The Morgan fingerprint density at radius 1 is 1.28 bits per heavy atom. The lowest BCUT2D eigenvalue weighted by atomic mass is 10.00. The highest BCUT2D eigenvalue weighted by molar-refractivity contribution is 8.13. The van der Waals surface area contributed by atoms with Crippen LogP contribution in [0.25, 0.3) is 0 Å². The van der Waals surface area contributed by atoms with Crippen molar-refractivity contribution in [2.45, 2.75) is 83.7 Å². The number of thioether (sulfide) groups is 1. The van der Waals surface area contributed by atoms with Crippen LogP contribution in [0.5, 0.6) is 0 Å². The maximum absolute atomic E-state index is 13.6. The average molecular weight is 633 g/mol. The number of carbonyl (C=O) groups is 2. The molecule has 0 amide bonds. The Balaban J connectivity index is 2.13. The highest BCUT2D eigenvalue weighted by Gasteiger charge is 2.48. The molecule has 222 valence electrons. The van der Waals surface area contributed by atoms with E-state index < -0.39 is 59.2 Å². The van der Waals surface area contributed by atoms with Crippen molar-refractivity contribution >= 4 is 53.8 Å². The summed E-state index contributed by atoms with van der Waals surface area (Å²) in [7, 11) is -4.14. The number of carbonyl (C=O) groups excluding carboxylic acids is 2. The first kappa shape index (κ1) is 34.0. The summed E-state index contributed by atoms with van der Waals surface area (Å²) in [5.41, 5.74) is -1.63. The fraction of sp³-hybridized carbons (Fsp3) is 0.739. The molecule has 4 unspecified atom stereocenters. The van der Waals surface area contributed by atoms with Gasteiger partial charge in [0.25, 0.3) is 5.56 Å². The van der Waals surface area contributed by atoms with Gasteiger partial charge in [0, 0.05) is 29.3 Å². The first-order valence-corrected chi connectivity index (χ1v) is 15.5. The quantitative estimate of drug-likeness (QED) is 0.150. The van der Waals surface area contributed by atoms with Crippen molar-refractivity contribution < 1.29 is 32.7 Å². The third-order valence-corrected chi connectivity index (χ3v) is 8.90. The van der Waals surface area contributed by atoms with Gasteiger partial charge in [0.15, 0.2) is 15.7 Å². The lowest BCUT2D eigenvalue weighted by Gasteiger charge is -2.24. The number of aryl methyl sites for hydroxylation is 1. The number of aromatic amines is 1. The molecule has 1 aromatic heterocycles. The minimum Gasteiger partial charge on any atom is -0.462 e. The smallest absolute Gasteiger partial charge is 0.406 e. The van der Waals surface area contributed by atoms with Crippen LogP contribution in [0.1, 0.15) is 59.8 Å². The summed E-state index contributed by atoms with van der Waals surface area (Å²) in [6.07, 6.45) is -1.15. The van der Waals surface area contributed by atoms with E-state index >= 15 is 0 Å². The highest BCUT2D eigenvalue weighted by atomic mass is 35.5. The molecule has 1 aliphatic heterocycles. The van der Waals surface area contributed by atoms with Gasteiger partial charge in [-0.3, -0.25) is 33.0 Å². The maximum atomic E-state index is 13.6. The molecule has 12 nitrogen and oxygen atoms in total. The van der Waals surface area contributed by atoms with Gasteiger partial charge in [-0.05, 0) is 27.7 Å². The highest BCUT2D eigenvalue weighted by Crippen LogP contribution is 2.49. The van der Waals surface area contributed by atoms with Crippen LogP contribution < -0.4 is 16.3 Å². The molecule has 1 saturated heterocycles. The number of rotatable bonds is 12. The van der Waals surface area contributed by atoms with E-state index in [4.69, 9.17) is 41.7 Å². The third kappa shape index (κ3) is 10.00. The van der Waals surface area contributed by atoms with Gasteiger partial charge >= 0.3 is 19.4 Å². The first-order valence-electron chi connectivity index (χ1n) is 12.2. The number of aromatic nitrogens is 2. The Labute approximate surface area is 241 Å². The van der Waals surface area contributed by atoms with Crippen LogP contribution in [0.2, 0.25) is 0 Å². The van der Waals surface area contributed by atoms with E-state index in [-0.39, 0.29) is 36.1 Å². The Bertz CT molecular complexity index is 1200. The number of hydrogen-bond acceptors (Lipinski definition) is 10. The molecule has 0 radical (unpaired) electrons. The van der Waals surface area contributed by atoms with Crippen LogP contribution in [0, 0.1) is 12.3 Å². The number of ether oxygens (including phenoxy) is 2. The van der Waals surface area contributed by atoms with E-state index in [2.05, 4.69) is 10.1 Å². The minimum absolute atomic E-state index is 0.0216. The van der Waals surface area contributed by atoms with E-state index in [1.54, 1.807) is 34.6 Å². The van der Waals surface area contributed by atoms with Gasteiger partial charge in [0.05, 0.1) is 25.4 Å². The van der Waals surface area contributed by atoms with Gasteiger partial charge in [-0.25, -0.2) is 14.4 Å². The summed E-state index contributed by atoms with van der Waals surface area (Å²) in [6.45, 7) is 11.2. The molecule has 0 saturated carbocycles. The van der Waals surface area contributed by atoms with E-state index in [0.29, 0.717) is 0 Å². The largest absolute Gasteiger partial charge is 0.462 e. The zero-order valence-corrected chi connectivity index (χ0v) is 26.2. The fourth-order valence-corrected chi connectivity index (χ4v) is 6.35. The minimum atomic E-state index is -4.14. The Morgan fingerprint density at radius 3 is 2.51 bits per heavy atom. The Morgan fingerprint density at radius 2 is 1.92 bits per heavy atom. The monoisotopic (exact) mass is 631 g/mol. The van der Waals surface area contributed by atoms with Gasteiger partial charge in [-0.1, -0.05) is 55.7 Å². The number of nitrogens with zero attached hydrogens (tertiary/aromatic N) is 1. The number of alkyl halides is 2. The van der Waals surface area contributed by atoms with Crippen LogP contribution in [0.3, 0.4) is 0 Å². The predicted octanol–water partition coefficient (Wildman–Crippen LogP) is 3.68. The van der Waals surface area contributed by atoms with Crippen LogP contribution in [-0.4, -0.2) is 62.2 Å². The number of H-pyrrole nitrogens is 1. The van der Waals surface area contributed by atoms with Crippen molar-refractivity contribution in [2.24, 2.45) is 5.41 Å². The number of esters is 1. The molecule has 2 N–H and O–H groups in total. The predicted molar refractivity (Wildman–Crippen MR) is 149 cm³/mol. The van der Waals surface area contributed by atoms with E-state index in [1.165, 1.54) is 20.0 Å². The molecular formula is C23H36Cl2N3O9PS. The molecule has 2 rings (SSSR count). The maximum Gasteiger partial charge on any atom is 0.406 e. The number of nitrogens with one attached hydrogen (secondary N) is 2. The zero-order valence-electron chi connectivity index (χ0n) is 22.9. The summed E-state index contributed by atoms with van der Waals surface area (Å²) in [6, 6.07) is -1.05. The van der Waals surface area contributed by atoms with Crippen LogP contribution in [0.4, 0.5) is 0 Å². The summed E-state index contributed by atoms with van der Waals surface area (Å²) < 4.78 is 35.2. The molecule has 0 aliphatic carbocycles. The molecule has 2 heterocycles. The summed E-state index contributed by atoms with van der Waals surface area (Å²) >= 11 is 13.9. The lowest BCUT2D eigenvalue weighted by molar-refractivity contribution is -0.149. The van der Waals surface area contributed by atoms with Crippen LogP contribution in [-0.2, 0) is 32.7 Å². The molecule has 0 bridgehead atoms. The molecule has 1 fully saturated rings. The van der Waals surface area contributed by atoms with E-state index in [0.717, 1.165) is 16.3 Å². The molecule has 0 spiro atoms. The van der Waals surface area contributed by atoms with Crippen LogP contribution >= 0.6 is 42.7 Å². The van der Waals surface area contributed by atoms with E-state index in [9.17, 15) is 23.7 Å². The van der Waals surface area contributed by atoms with Gasteiger partial charge in [-0.2, -0.15) is 0 Å². The normalized spacial score (nSPS) is 21.5. The Kier molecular flexibility index (Phi) is 11.9. The van der Waals surface area contributed by atoms with Crippen molar-refractivity contribution in [3.05, 3.63) is 32.6 Å². The third-order valence-electron chi connectivity index (χ3n) is 5.26. The Hall–Kier alpha value is -1.18.